The summed E-state index contributed by atoms with van der Waals surface area (Å²) in [5.41, 5.74) is 0. The van der Waals surface area contributed by atoms with Crippen LogP contribution in [0.5, 0.6) is 0 Å². The van der Waals surface area contributed by atoms with E-state index in [-0.39, 0.29) is 6.10 Å². The Morgan fingerprint density at radius 2 is 2.23 bits per heavy atom. The Kier molecular flexibility index (Phi) is 3.95. The summed E-state index contributed by atoms with van der Waals surface area (Å²) in [6, 6.07) is 0. The third kappa shape index (κ3) is 3.50. The molecule has 1 aromatic heterocycles. The van der Waals surface area contributed by atoms with Crippen molar-refractivity contribution in [3.05, 3.63) is 0 Å². The third-order valence-electron chi connectivity index (χ3n) is 1.23. The van der Waals surface area contributed by atoms with Gasteiger partial charge < -0.3 is 10.0 Å². The molecule has 1 aromatic rings. The van der Waals surface area contributed by atoms with E-state index in [0.717, 1.165) is 9.47 Å². The number of thioether (sulfide) groups is 1. The van der Waals surface area contributed by atoms with Crippen LogP contribution in [-0.4, -0.2) is 41.3 Å². The summed E-state index contributed by atoms with van der Waals surface area (Å²) in [6.07, 6.45) is -0.295. The van der Waals surface area contributed by atoms with E-state index < -0.39 is 0 Å². The number of nitrogens with zero attached hydrogens (tertiary/aromatic N) is 3. The molecule has 0 aliphatic heterocycles. The molecular weight excluding hydrogens is 206 g/mol. The maximum absolute atomic E-state index is 9.05. The minimum Gasteiger partial charge on any atom is -0.393 e. The number of aromatic nitrogens is 2. The average molecular weight is 219 g/mol. The van der Waals surface area contributed by atoms with Crippen LogP contribution in [-0.2, 0) is 0 Å². The third-order valence-corrected chi connectivity index (χ3v) is 3.69. The van der Waals surface area contributed by atoms with E-state index in [4.69, 9.17) is 5.11 Å². The highest BCUT2D eigenvalue weighted by Crippen LogP contribution is 2.26. The first-order valence-electron chi connectivity index (χ1n) is 3.91. The summed E-state index contributed by atoms with van der Waals surface area (Å²) < 4.78 is 0.907. The molecule has 0 bridgehead atoms. The van der Waals surface area contributed by atoms with Crippen LogP contribution in [0.15, 0.2) is 4.34 Å². The van der Waals surface area contributed by atoms with Crippen LogP contribution in [0.1, 0.15) is 6.92 Å². The zero-order valence-electron chi connectivity index (χ0n) is 7.89. The number of hydrogen-bond acceptors (Lipinski definition) is 6. The van der Waals surface area contributed by atoms with E-state index in [1.165, 1.54) is 23.1 Å². The van der Waals surface area contributed by atoms with Crippen molar-refractivity contribution in [2.75, 3.05) is 24.7 Å². The smallest absolute Gasteiger partial charge is 0.208 e. The average Bonchev–Trinajstić information content (AvgIpc) is 2.48. The van der Waals surface area contributed by atoms with Crippen LogP contribution in [0.2, 0.25) is 0 Å². The van der Waals surface area contributed by atoms with E-state index in [2.05, 4.69) is 10.2 Å². The first kappa shape index (κ1) is 10.7. The summed E-state index contributed by atoms with van der Waals surface area (Å²) in [4.78, 5) is 1.92. The van der Waals surface area contributed by atoms with Crippen LogP contribution in [0, 0.1) is 0 Å². The van der Waals surface area contributed by atoms with Crippen molar-refractivity contribution >= 4 is 28.2 Å². The molecule has 1 N–H and O–H groups in total. The Morgan fingerprint density at radius 3 is 2.69 bits per heavy atom. The molecule has 4 nitrogen and oxygen atoms in total. The molecule has 1 rings (SSSR count). The second-order valence-electron chi connectivity index (χ2n) is 2.90. The molecule has 0 spiro atoms. The normalized spacial score (nSPS) is 12.9. The van der Waals surface area contributed by atoms with Crippen molar-refractivity contribution in [2.24, 2.45) is 0 Å². The fourth-order valence-corrected chi connectivity index (χ4v) is 2.28. The Hall–Kier alpha value is -0.330. The van der Waals surface area contributed by atoms with Crippen LogP contribution in [0.25, 0.3) is 0 Å². The monoisotopic (exact) mass is 219 g/mol. The van der Waals surface area contributed by atoms with Crippen LogP contribution >= 0.6 is 23.1 Å². The molecule has 1 atom stereocenters. The molecule has 0 aromatic carbocycles. The summed E-state index contributed by atoms with van der Waals surface area (Å²) in [7, 11) is 3.87. The molecule has 0 saturated carbocycles. The maximum atomic E-state index is 9.05. The summed E-state index contributed by atoms with van der Waals surface area (Å²) >= 11 is 3.07. The molecule has 0 aliphatic rings. The highest BCUT2D eigenvalue weighted by molar-refractivity contribution is 8.01. The minimum atomic E-state index is -0.295. The van der Waals surface area contributed by atoms with Gasteiger partial charge >= 0.3 is 0 Å². The molecule has 0 aliphatic carbocycles. The van der Waals surface area contributed by atoms with Crippen LogP contribution < -0.4 is 4.90 Å². The molecule has 0 radical (unpaired) electrons. The van der Waals surface area contributed by atoms with Gasteiger partial charge in [-0.15, -0.1) is 10.2 Å². The molecule has 0 amide bonds. The summed E-state index contributed by atoms with van der Waals surface area (Å²) in [5.74, 6) is 0.669. The van der Waals surface area contributed by atoms with Crippen molar-refractivity contribution < 1.29 is 5.11 Å². The van der Waals surface area contributed by atoms with Crippen molar-refractivity contribution in [3.8, 4) is 0 Å². The van der Waals surface area contributed by atoms with E-state index in [1.807, 2.05) is 19.0 Å². The van der Waals surface area contributed by atoms with Gasteiger partial charge in [-0.05, 0) is 6.92 Å². The van der Waals surface area contributed by atoms with Crippen LogP contribution in [0.3, 0.4) is 0 Å². The Balaban J connectivity index is 2.49. The van der Waals surface area contributed by atoms with E-state index in [0.29, 0.717) is 5.75 Å². The number of hydrogen-bond donors (Lipinski definition) is 1. The van der Waals surface area contributed by atoms with Crippen molar-refractivity contribution in [1.82, 2.24) is 10.2 Å². The van der Waals surface area contributed by atoms with Gasteiger partial charge in [0.2, 0.25) is 5.13 Å². The number of aliphatic hydroxyl groups excluding tert-OH is 1. The highest BCUT2D eigenvalue weighted by atomic mass is 32.2. The molecular formula is C7H13N3OS2. The maximum Gasteiger partial charge on any atom is 0.208 e. The molecule has 0 saturated heterocycles. The van der Waals surface area contributed by atoms with Gasteiger partial charge in [-0.25, -0.2) is 0 Å². The van der Waals surface area contributed by atoms with Gasteiger partial charge in [0.15, 0.2) is 4.34 Å². The van der Waals surface area contributed by atoms with Gasteiger partial charge in [0, 0.05) is 19.8 Å². The predicted molar refractivity (Wildman–Crippen MR) is 56.6 cm³/mol. The lowest BCUT2D eigenvalue weighted by Gasteiger charge is -2.03. The SMILES string of the molecule is CC(O)CSc1nnc(N(C)C)s1. The van der Waals surface area contributed by atoms with Crippen molar-refractivity contribution in [2.45, 2.75) is 17.4 Å². The number of aliphatic hydroxyl groups is 1. The van der Waals surface area contributed by atoms with Gasteiger partial charge in [0.05, 0.1) is 6.10 Å². The Bertz CT molecular complexity index is 262. The van der Waals surface area contributed by atoms with Crippen molar-refractivity contribution in [1.29, 1.82) is 0 Å². The Morgan fingerprint density at radius 1 is 1.54 bits per heavy atom. The zero-order chi connectivity index (χ0) is 9.84. The van der Waals surface area contributed by atoms with Gasteiger partial charge in [0.25, 0.3) is 0 Å². The first-order chi connectivity index (χ1) is 6.09. The van der Waals surface area contributed by atoms with Gasteiger partial charge in [-0.2, -0.15) is 0 Å². The van der Waals surface area contributed by atoms with E-state index >= 15 is 0 Å². The van der Waals surface area contributed by atoms with Crippen LogP contribution in [0.4, 0.5) is 5.13 Å². The van der Waals surface area contributed by atoms with E-state index in [1.54, 1.807) is 6.92 Å². The lowest BCUT2D eigenvalue weighted by Crippen LogP contribution is -2.07. The molecule has 74 valence electrons. The quantitative estimate of drug-likeness (QED) is 0.768. The Labute approximate surface area is 86.0 Å². The first-order valence-corrected chi connectivity index (χ1v) is 5.71. The van der Waals surface area contributed by atoms with E-state index in [9.17, 15) is 0 Å². The molecule has 0 fully saturated rings. The summed E-state index contributed by atoms with van der Waals surface area (Å²) in [5, 5.41) is 17.9. The second kappa shape index (κ2) is 4.78. The van der Waals surface area contributed by atoms with Crippen molar-refractivity contribution in [3.63, 3.8) is 0 Å². The lowest BCUT2D eigenvalue weighted by atomic mass is 10.5. The lowest BCUT2D eigenvalue weighted by molar-refractivity contribution is 0.220. The van der Waals surface area contributed by atoms with Gasteiger partial charge in [0.1, 0.15) is 0 Å². The molecule has 1 heterocycles. The molecule has 13 heavy (non-hydrogen) atoms. The highest BCUT2D eigenvalue weighted by Gasteiger charge is 2.06. The fraction of sp³-hybridized carbons (Fsp3) is 0.714. The molecule has 6 heteroatoms. The second-order valence-corrected chi connectivity index (χ2v) is 5.13. The fourth-order valence-electron chi connectivity index (χ4n) is 0.633. The predicted octanol–water partition coefficient (Wildman–Crippen LogP) is 1.08. The summed E-state index contributed by atoms with van der Waals surface area (Å²) in [6.45, 7) is 1.76. The molecule has 1 unspecified atom stereocenters. The van der Waals surface area contributed by atoms with Gasteiger partial charge in [-0.1, -0.05) is 23.1 Å². The number of anilines is 1. The van der Waals surface area contributed by atoms with Gasteiger partial charge in [-0.3, -0.25) is 0 Å². The largest absolute Gasteiger partial charge is 0.393 e. The minimum absolute atomic E-state index is 0.295. The zero-order valence-corrected chi connectivity index (χ0v) is 9.52. The number of rotatable bonds is 4. The standard InChI is InChI=1S/C7H13N3OS2/c1-5(11)4-12-7-9-8-6(13-7)10(2)3/h5,11H,4H2,1-3H3. The topological polar surface area (TPSA) is 49.3 Å².